The molecule has 9 nitrogen and oxygen atoms in total. The van der Waals surface area contributed by atoms with E-state index < -0.39 is 11.9 Å². The minimum Gasteiger partial charge on any atom is -0.465 e. The summed E-state index contributed by atoms with van der Waals surface area (Å²) < 4.78 is 18.3. The van der Waals surface area contributed by atoms with E-state index in [9.17, 15) is 19.5 Å². The van der Waals surface area contributed by atoms with E-state index in [2.05, 4.69) is 41.3 Å². The topological polar surface area (TPSA) is 124 Å². The second kappa shape index (κ2) is 8.48. The lowest BCUT2D eigenvalue weighted by Gasteiger charge is -2.17. The standard InChI is InChI=1S/C17H13BrFN5O4/c18-12-8-11(6-7-13(12)19)20-15(21-27)14-16(23-28-22-14)24(17(25)26)9-10-4-2-1-3-5-10/h1-8,27H,9H2,(H,20,21)(H,25,26). The molecular weight excluding hydrogens is 437 g/mol. The smallest absolute Gasteiger partial charge is 0.413 e. The normalized spacial score (nSPS) is 11.3. The van der Waals surface area contributed by atoms with Gasteiger partial charge >= 0.3 is 6.09 Å². The first-order chi connectivity index (χ1) is 13.5. The van der Waals surface area contributed by atoms with E-state index in [1.54, 1.807) is 30.3 Å². The molecule has 11 heteroatoms. The van der Waals surface area contributed by atoms with Crippen LogP contribution in [-0.4, -0.2) is 32.6 Å². The third kappa shape index (κ3) is 4.26. The van der Waals surface area contributed by atoms with Crippen molar-refractivity contribution >= 4 is 39.4 Å². The number of carbonyl (C=O) groups is 1. The number of nitrogens with zero attached hydrogens (tertiary/aromatic N) is 4. The van der Waals surface area contributed by atoms with Crippen LogP contribution in [0.3, 0.4) is 0 Å². The molecular formula is C17H13BrFN5O4. The van der Waals surface area contributed by atoms with Crippen LogP contribution in [0.4, 0.5) is 20.7 Å². The van der Waals surface area contributed by atoms with Crippen LogP contribution in [0.1, 0.15) is 11.3 Å². The highest BCUT2D eigenvalue weighted by Gasteiger charge is 2.27. The van der Waals surface area contributed by atoms with Crippen molar-refractivity contribution in [3.05, 3.63) is 70.1 Å². The molecule has 0 bridgehead atoms. The molecule has 3 N–H and O–H groups in total. The van der Waals surface area contributed by atoms with E-state index >= 15 is 0 Å². The lowest BCUT2D eigenvalue weighted by atomic mass is 10.2. The van der Waals surface area contributed by atoms with Crippen molar-refractivity contribution in [3.8, 4) is 0 Å². The van der Waals surface area contributed by atoms with Crippen molar-refractivity contribution in [2.24, 2.45) is 5.16 Å². The Morgan fingerprint density at radius 2 is 2.00 bits per heavy atom. The molecule has 0 radical (unpaired) electrons. The van der Waals surface area contributed by atoms with Crippen molar-refractivity contribution in [2.75, 3.05) is 10.2 Å². The fourth-order valence-electron chi connectivity index (χ4n) is 2.35. The molecule has 3 aromatic rings. The summed E-state index contributed by atoms with van der Waals surface area (Å²) in [6.07, 6.45) is -1.30. The van der Waals surface area contributed by atoms with Crippen LogP contribution < -0.4 is 10.2 Å². The highest BCUT2D eigenvalue weighted by atomic mass is 79.9. The Morgan fingerprint density at radius 3 is 2.64 bits per heavy atom. The lowest BCUT2D eigenvalue weighted by Crippen LogP contribution is -2.31. The van der Waals surface area contributed by atoms with Gasteiger partial charge in [0.05, 0.1) is 11.0 Å². The van der Waals surface area contributed by atoms with Crippen molar-refractivity contribution in [1.82, 2.24) is 10.3 Å². The van der Waals surface area contributed by atoms with Gasteiger partial charge < -0.3 is 15.6 Å². The van der Waals surface area contributed by atoms with Crippen LogP contribution in [0.5, 0.6) is 0 Å². The van der Waals surface area contributed by atoms with Crippen LogP contribution in [0.25, 0.3) is 0 Å². The predicted octanol–water partition coefficient (Wildman–Crippen LogP) is 3.90. The summed E-state index contributed by atoms with van der Waals surface area (Å²) in [5, 5.41) is 32.1. The first kappa shape index (κ1) is 19.3. The number of benzene rings is 2. The van der Waals surface area contributed by atoms with Crippen molar-refractivity contribution in [3.63, 3.8) is 0 Å². The highest BCUT2D eigenvalue weighted by molar-refractivity contribution is 9.10. The van der Waals surface area contributed by atoms with Crippen LogP contribution >= 0.6 is 15.9 Å². The third-order valence-corrected chi connectivity index (χ3v) is 4.26. The van der Waals surface area contributed by atoms with Gasteiger partial charge in [0.25, 0.3) is 0 Å². The third-order valence-electron chi connectivity index (χ3n) is 3.65. The quantitative estimate of drug-likeness (QED) is 0.233. The lowest BCUT2D eigenvalue weighted by molar-refractivity contribution is 0.200. The molecule has 0 unspecified atom stereocenters. The molecule has 2 aromatic carbocycles. The SMILES string of the molecule is O=C(O)N(Cc1ccccc1)c1nonc1/C(=N\O)Nc1ccc(F)c(Br)c1. The van der Waals surface area contributed by atoms with Crippen LogP contribution in [0, 0.1) is 5.82 Å². The molecule has 0 fully saturated rings. The monoisotopic (exact) mass is 449 g/mol. The number of oxime groups is 1. The zero-order chi connectivity index (χ0) is 20.1. The van der Waals surface area contributed by atoms with Gasteiger partial charge in [0, 0.05) is 5.69 Å². The van der Waals surface area contributed by atoms with E-state index in [-0.39, 0.29) is 28.4 Å². The van der Waals surface area contributed by atoms with Gasteiger partial charge in [-0.1, -0.05) is 35.5 Å². The number of aromatic nitrogens is 2. The van der Waals surface area contributed by atoms with E-state index in [1.807, 2.05) is 0 Å². The summed E-state index contributed by atoms with van der Waals surface area (Å²) in [6.45, 7) is -0.0296. The Bertz CT molecular complexity index is 1010. The number of anilines is 2. The second-order valence-electron chi connectivity index (χ2n) is 5.49. The molecule has 0 saturated heterocycles. The summed E-state index contributed by atoms with van der Waals surface area (Å²) in [6, 6.07) is 12.8. The van der Waals surface area contributed by atoms with Gasteiger partial charge in [-0.15, -0.1) is 0 Å². The zero-order valence-electron chi connectivity index (χ0n) is 14.1. The number of hydrogen-bond donors (Lipinski definition) is 3. The van der Waals surface area contributed by atoms with Gasteiger partial charge in [-0.05, 0) is 50.0 Å². The Hall–Kier alpha value is -3.47. The van der Waals surface area contributed by atoms with Crippen molar-refractivity contribution in [2.45, 2.75) is 6.54 Å². The summed E-state index contributed by atoms with van der Waals surface area (Å²) in [5.74, 6) is -0.872. The predicted molar refractivity (Wildman–Crippen MR) is 101 cm³/mol. The summed E-state index contributed by atoms with van der Waals surface area (Å²) >= 11 is 3.05. The Morgan fingerprint density at radius 1 is 1.25 bits per heavy atom. The number of amides is 1. The highest BCUT2D eigenvalue weighted by Crippen LogP contribution is 2.23. The van der Waals surface area contributed by atoms with Gasteiger partial charge in [0.2, 0.25) is 11.7 Å². The maximum atomic E-state index is 13.4. The van der Waals surface area contributed by atoms with Gasteiger partial charge in [0.1, 0.15) is 5.82 Å². The summed E-state index contributed by atoms with van der Waals surface area (Å²) in [5.41, 5.74) is 0.929. The van der Waals surface area contributed by atoms with Crippen LogP contribution in [-0.2, 0) is 6.54 Å². The Labute approximate surface area is 166 Å². The van der Waals surface area contributed by atoms with E-state index in [0.29, 0.717) is 11.3 Å². The molecule has 0 aliphatic rings. The maximum absolute atomic E-state index is 13.4. The maximum Gasteiger partial charge on any atom is 0.413 e. The number of rotatable bonds is 5. The zero-order valence-corrected chi connectivity index (χ0v) is 15.7. The molecule has 0 spiro atoms. The van der Waals surface area contributed by atoms with Gasteiger partial charge in [-0.25, -0.2) is 13.8 Å². The van der Waals surface area contributed by atoms with Crippen LogP contribution in [0.15, 0.2) is 62.8 Å². The molecule has 0 saturated carbocycles. The minimum absolute atomic E-state index is 0.0296. The molecule has 1 amide bonds. The number of halogens is 2. The first-order valence-electron chi connectivity index (χ1n) is 7.81. The van der Waals surface area contributed by atoms with E-state index in [0.717, 1.165) is 4.90 Å². The molecule has 0 aliphatic carbocycles. The largest absolute Gasteiger partial charge is 0.465 e. The molecule has 0 aliphatic heterocycles. The van der Waals surface area contributed by atoms with E-state index in [1.165, 1.54) is 18.2 Å². The van der Waals surface area contributed by atoms with Gasteiger partial charge in [-0.2, -0.15) is 0 Å². The average Bonchev–Trinajstić information content (AvgIpc) is 3.16. The molecule has 0 atom stereocenters. The van der Waals surface area contributed by atoms with Crippen molar-refractivity contribution < 1.29 is 24.1 Å². The molecule has 144 valence electrons. The summed E-state index contributed by atoms with van der Waals surface area (Å²) in [7, 11) is 0. The van der Waals surface area contributed by atoms with Gasteiger partial charge in [0.15, 0.2) is 5.69 Å². The Balaban J connectivity index is 1.91. The number of hydrogen-bond acceptors (Lipinski definition) is 6. The Kier molecular flexibility index (Phi) is 5.84. The van der Waals surface area contributed by atoms with Gasteiger partial charge in [-0.3, -0.25) is 4.90 Å². The fourth-order valence-corrected chi connectivity index (χ4v) is 2.73. The average molecular weight is 450 g/mol. The fraction of sp³-hybridized carbons (Fsp3) is 0.0588. The first-order valence-corrected chi connectivity index (χ1v) is 8.60. The number of carboxylic acid groups (broad SMARTS) is 1. The molecule has 28 heavy (non-hydrogen) atoms. The number of nitrogens with one attached hydrogen (secondary N) is 1. The molecule has 1 aromatic heterocycles. The molecule has 1 heterocycles. The van der Waals surface area contributed by atoms with Crippen LogP contribution in [0.2, 0.25) is 0 Å². The summed E-state index contributed by atoms with van der Waals surface area (Å²) in [4.78, 5) is 12.6. The van der Waals surface area contributed by atoms with Crippen molar-refractivity contribution in [1.29, 1.82) is 0 Å². The van der Waals surface area contributed by atoms with E-state index in [4.69, 9.17) is 0 Å². The molecule has 3 rings (SSSR count). The number of amidine groups is 1. The minimum atomic E-state index is -1.30. The second-order valence-corrected chi connectivity index (χ2v) is 6.35.